The lowest BCUT2D eigenvalue weighted by Crippen LogP contribution is -2.61. The number of β-lactam (4-membered cyclic amide) rings is 1. The number of amides is 2. The maximum Gasteiger partial charge on any atom is 0.417 e. The Morgan fingerprint density at radius 3 is 2.37 bits per heavy atom. The summed E-state index contributed by atoms with van der Waals surface area (Å²) in [5.41, 5.74) is 0.0274. The van der Waals surface area contributed by atoms with Crippen LogP contribution in [0.5, 0.6) is 0 Å². The van der Waals surface area contributed by atoms with Gasteiger partial charge in [0.15, 0.2) is 6.10 Å². The van der Waals surface area contributed by atoms with Crippen LogP contribution in [0.15, 0.2) is 30.3 Å². The molecular formula is C14H17NO4. The van der Waals surface area contributed by atoms with E-state index in [1.54, 1.807) is 45.0 Å². The van der Waals surface area contributed by atoms with Gasteiger partial charge in [0.25, 0.3) is 5.91 Å². The molecular weight excluding hydrogens is 246 g/mol. The Balaban J connectivity index is 2.20. The van der Waals surface area contributed by atoms with Crippen molar-refractivity contribution < 1.29 is 19.4 Å². The number of hydrogen-bond donors (Lipinski definition) is 1. The highest BCUT2D eigenvalue weighted by atomic mass is 16.6. The van der Waals surface area contributed by atoms with Gasteiger partial charge in [-0.05, 0) is 26.3 Å². The molecule has 0 radical (unpaired) electrons. The van der Waals surface area contributed by atoms with Gasteiger partial charge in [-0.15, -0.1) is 0 Å². The van der Waals surface area contributed by atoms with Crippen LogP contribution in [0, 0.1) is 0 Å². The van der Waals surface area contributed by atoms with Crippen LogP contribution >= 0.6 is 0 Å². The number of benzene rings is 1. The van der Waals surface area contributed by atoms with Gasteiger partial charge in [0.1, 0.15) is 11.6 Å². The van der Waals surface area contributed by atoms with Crippen molar-refractivity contribution in [1.29, 1.82) is 0 Å². The monoisotopic (exact) mass is 263 g/mol. The van der Waals surface area contributed by atoms with E-state index in [1.165, 1.54) is 0 Å². The van der Waals surface area contributed by atoms with E-state index in [-0.39, 0.29) is 0 Å². The number of aliphatic hydroxyl groups is 1. The molecule has 0 aromatic heterocycles. The molecule has 2 atom stereocenters. The first kappa shape index (κ1) is 13.5. The Labute approximate surface area is 111 Å². The van der Waals surface area contributed by atoms with Gasteiger partial charge in [-0.25, -0.2) is 9.69 Å². The smallest absolute Gasteiger partial charge is 0.417 e. The second-order valence-corrected chi connectivity index (χ2v) is 5.49. The fourth-order valence-corrected chi connectivity index (χ4v) is 1.97. The van der Waals surface area contributed by atoms with Crippen molar-refractivity contribution in [2.75, 3.05) is 0 Å². The molecule has 1 N–H and O–H groups in total. The zero-order valence-corrected chi connectivity index (χ0v) is 11.2. The minimum atomic E-state index is -1.19. The number of aliphatic hydroxyl groups excluding tert-OH is 1. The van der Waals surface area contributed by atoms with Crippen LogP contribution in [0.4, 0.5) is 4.79 Å². The van der Waals surface area contributed by atoms with E-state index < -0.39 is 29.7 Å². The van der Waals surface area contributed by atoms with E-state index >= 15 is 0 Å². The fourth-order valence-electron chi connectivity index (χ4n) is 1.97. The first-order valence-electron chi connectivity index (χ1n) is 6.10. The zero-order chi connectivity index (χ0) is 14.2. The van der Waals surface area contributed by atoms with Crippen LogP contribution in [-0.2, 0) is 9.53 Å². The van der Waals surface area contributed by atoms with Crippen LogP contribution in [0.3, 0.4) is 0 Å². The summed E-state index contributed by atoms with van der Waals surface area (Å²) in [4.78, 5) is 24.6. The summed E-state index contributed by atoms with van der Waals surface area (Å²) in [5, 5.41) is 9.75. The summed E-state index contributed by atoms with van der Waals surface area (Å²) in [5.74, 6) is -0.622. The molecule has 1 aliphatic heterocycles. The van der Waals surface area contributed by atoms with Crippen LogP contribution in [0.1, 0.15) is 32.4 Å². The first-order chi connectivity index (χ1) is 8.81. The first-order valence-corrected chi connectivity index (χ1v) is 6.10. The number of rotatable bonds is 1. The second kappa shape index (κ2) is 4.66. The Hall–Kier alpha value is -1.88. The Morgan fingerprint density at radius 1 is 1.26 bits per heavy atom. The summed E-state index contributed by atoms with van der Waals surface area (Å²) in [7, 11) is 0. The van der Waals surface area contributed by atoms with Crippen molar-refractivity contribution in [3.05, 3.63) is 35.9 Å². The van der Waals surface area contributed by atoms with Gasteiger partial charge in [0.05, 0.1) is 0 Å². The Kier molecular flexibility index (Phi) is 3.32. The normalized spacial score (nSPS) is 22.9. The third-order valence-electron chi connectivity index (χ3n) is 2.80. The number of carbonyl (C=O) groups is 2. The van der Waals surface area contributed by atoms with E-state index in [0.717, 1.165) is 4.90 Å². The van der Waals surface area contributed by atoms with Crippen molar-refractivity contribution in [3.63, 3.8) is 0 Å². The van der Waals surface area contributed by atoms with Crippen LogP contribution < -0.4 is 0 Å². The maximum absolute atomic E-state index is 12.0. The topological polar surface area (TPSA) is 66.8 Å². The van der Waals surface area contributed by atoms with Gasteiger partial charge in [0.2, 0.25) is 0 Å². The molecule has 5 heteroatoms. The summed E-state index contributed by atoms with van der Waals surface area (Å²) in [6.07, 6.45) is -1.91. The molecule has 102 valence electrons. The van der Waals surface area contributed by atoms with Gasteiger partial charge in [-0.1, -0.05) is 30.3 Å². The van der Waals surface area contributed by atoms with E-state index in [1.807, 2.05) is 6.07 Å². The lowest BCUT2D eigenvalue weighted by atomic mass is 9.91. The van der Waals surface area contributed by atoms with E-state index in [9.17, 15) is 14.7 Å². The van der Waals surface area contributed by atoms with Crippen molar-refractivity contribution in [3.8, 4) is 0 Å². The largest absolute Gasteiger partial charge is 0.443 e. The maximum atomic E-state index is 12.0. The number of likely N-dealkylation sites (tertiary alicyclic amines) is 1. The van der Waals surface area contributed by atoms with Gasteiger partial charge in [-0.3, -0.25) is 4.79 Å². The number of hydrogen-bond acceptors (Lipinski definition) is 4. The molecule has 0 saturated carbocycles. The molecule has 2 unspecified atom stereocenters. The van der Waals surface area contributed by atoms with Crippen molar-refractivity contribution in [1.82, 2.24) is 4.90 Å². The predicted molar refractivity (Wildman–Crippen MR) is 68.3 cm³/mol. The van der Waals surface area contributed by atoms with Crippen LogP contribution in [0.25, 0.3) is 0 Å². The highest BCUT2D eigenvalue weighted by Gasteiger charge is 2.52. The Bertz CT molecular complexity index is 492. The number of ether oxygens (including phenoxy) is 1. The van der Waals surface area contributed by atoms with Gasteiger partial charge >= 0.3 is 6.09 Å². The molecule has 1 aromatic carbocycles. The third kappa shape index (κ3) is 2.61. The molecule has 1 fully saturated rings. The van der Waals surface area contributed by atoms with E-state index in [2.05, 4.69) is 0 Å². The summed E-state index contributed by atoms with van der Waals surface area (Å²) < 4.78 is 5.17. The van der Waals surface area contributed by atoms with Crippen molar-refractivity contribution >= 4 is 12.0 Å². The lowest BCUT2D eigenvalue weighted by Gasteiger charge is -2.43. The van der Waals surface area contributed by atoms with Crippen molar-refractivity contribution in [2.24, 2.45) is 0 Å². The van der Waals surface area contributed by atoms with Crippen LogP contribution in [-0.4, -0.2) is 33.7 Å². The molecule has 1 heterocycles. The molecule has 2 rings (SSSR count). The zero-order valence-electron chi connectivity index (χ0n) is 11.2. The average molecular weight is 263 g/mol. The number of imide groups is 1. The van der Waals surface area contributed by atoms with E-state index in [4.69, 9.17) is 4.74 Å². The van der Waals surface area contributed by atoms with Crippen LogP contribution in [0.2, 0.25) is 0 Å². The standard InChI is InChI=1S/C14H17NO4/c1-14(2,3)19-13(18)15-10(11(16)12(15)17)9-7-5-4-6-8-9/h4-8,10-11,16H,1-3H3. The highest BCUT2D eigenvalue weighted by molar-refractivity contribution is 6.01. The molecule has 0 aliphatic carbocycles. The summed E-state index contributed by atoms with van der Waals surface area (Å²) in [6, 6.07) is 8.27. The van der Waals surface area contributed by atoms with Gasteiger partial charge in [-0.2, -0.15) is 0 Å². The highest BCUT2D eigenvalue weighted by Crippen LogP contribution is 2.35. The molecule has 19 heavy (non-hydrogen) atoms. The van der Waals surface area contributed by atoms with Gasteiger partial charge < -0.3 is 9.84 Å². The summed E-state index contributed by atoms with van der Waals surface area (Å²) >= 11 is 0. The molecule has 0 spiro atoms. The molecule has 1 aromatic rings. The third-order valence-corrected chi connectivity index (χ3v) is 2.80. The minimum absolute atomic E-state index is 0.622. The van der Waals surface area contributed by atoms with Gasteiger partial charge in [0, 0.05) is 0 Å². The number of nitrogens with zero attached hydrogens (tertiary/aromatic N) is 1. The second-order valence-electron chi connectivity index (χ2n) is 5.49. The lowest BCUT2D eigenvalue weighted by molar-refractivity contribution is -0.164. The number of carbonyl (C=O) groups excluding carboxylic acids is 2. The Morgan fingerprint density at radius 2 is 1.84 bits per heavy atom. The quantitative estimate of drug-likeness (QED) is 0.785. The molecule has 0 bridgehead atoms. The minimum Gasteiger partial charge on any atom is -0.443 e. The molecule has 1 saturated heterocycles. The molecule has 2 amide bonds. The molecule has 1 aliphatic rings. The average Bonchev–Trinajstić information content (AvgIpc) is 2.33. The van der Waals surface area contributed by atoms with Crippen molar-refractivity contribution in [2.45, 2.75) is 38.5 Å². The summed E-state index contributed by atoms with van der Waals surface area (Å²) in [6.45, 7) is 5.18. The van der Waals surface area contributed by atoms with E-state index in [0.29, 0.717) is 5.56 Å². The fraction of sp³-hybridized carbons (Fsp3) is 0.429. The predicted octanol–water partition coefficient (Wildman–Crippen LogP) is 1.87. The SMILES string of the molecule is CC(C)(C)OC(=O)N1C(=O)C(O)C1c1ccccc1. The molecule has 5 nitrogen and oxygen atoms in total.